The lowest BCUT2D eigenvalue weighted by Crippen LogP contribution is -2.47. The Bertz CT molecular complexity index is 1670. The van der Waals surface area contributed by atoms with Gasteiger partial charge in [-0.05, 0) is 88.2 Å². The van der Waals surface area contributed by atoms with E-state index >= 15 is 0 Å². The molecule has 4 N–H and O–H groups in total. The summed E-state index contributed by atoms with van der Waals surface area (Å²) in [5.74, 6) is 0.108. The van der Waals surface area contributed by atoms with Crippen molar-refractivity contribution in [3.8, 4) is 17.2 Å². The van der Waals surface area contributed by atoms with Crippen LogP contribution < -0.4 is 24.8 Å². The van der Waals surface area contributed by atoms with Crippen LogP contribution in [0, 0.1) is 5.92 Å². The molecule has 0 radical (unpaired) electrons. The topological polar surface area (TPSA) is 159 Å². The zero-order valence-electron chi connectivity index (χ0n) is 29.6. The molecule has 3 amide bonds. The Morgan fingerprint density at radius 2 is 1.65 bits per heavy atom. The largest absolute Gasteiger partial charge is 0.490 e. The summed E-state index contributed by atoms with van der Waals surface area (Å²) >= 11 is 0. The third-order valence-electron chi connectivity index (χ3n) is 9.08. The fourth-order valence-electron chi connectivity index (χ4n) is 6.17. The van der Waals surface area contributed by atoms with Gasteiger partial charge in [0.1, 0.15) is 5.75 Å². The summed E-state index contributed by atoms with van der Waals surface area (Å²) in [5.41, 5.74) is 2.38. The van der Waals surface area contributed by atoms with E-state index in [1.54, 1.807) is 60.4 Å². The number of nitrogens with one attached hydrogen (secondary N) is 2. The van der Waals surface area contributed by atoms with Crippen LogP contribution in [-0.2, 0) is 11.3 Å². The highest BCUT2D eigenvalue weighted by atomic mass is 16.7. The number of aliphatic hydroxyl groups is 1. The fraction of sp³-hybridized carbons (Fsp3) is 0.447. The van der Waals surface area contributed by atoms with E-state index in [0.717, 1.165) is 24.8 Å². The van der Waals surface area contributed by atoms with Crippen molar-refractivity contribution in [1.82, 2.24) is 9.80 Å². The summed E-state index contributed by atoms with van der Waals surface area (Å²) in [6, 6.07) is 15.9. The molecule has 274 valence electrons. The number of fused-ring (bicyclic) bond motifs is 2. The molecule has 51 heavy (non-hydrogen) atoms. The molecule has 0 saturated carbocycles. The molecule has 2 aliphatic rings. The van der Waals surface area contributed by atoms with Crippen LogP contribution in [0.15, 0.2) is 60.7 Å². The van der Waals surface area contributed by atoms with Gasteiger partial charge in [-0.15, -0.1) is 0 Å². The second kappa shape index (κ2) is 17.4. The molecule has 0 aliphatic carbocycles. The number of ether oxygens (including phenoxy) is 4. The van der Waals surface area contributed by atoms with Gasteiger partial charge in [0.25, 0.3) is 5.91 Å². The monoisotopic (exact) mass is 704 g/mol. The van der Waals surface area contributed by atoms with Gasteiger partial charge in [0, 0.05) is 49.6 Å². The van der Waals surface area contributed by atoms with E-state index in [-0.39, 0.29) is 48.6 Å². The van der Waals surface area contributed by atoms with Crippen molar-refractivity contribution < 1.29 is 43.5 Å². The Morgan fingerprint density at radius 1 is 0.961 bits per heavy atom. The first-order chi connectivity index (χ1) is 24.5. The molecule has 0 aromatic heterocycles. The van der Waals surface area contributed by atoms with Crippen LogP contribution in [0.1, 0.15) is 66.3 Å². The van der Waals surface area contributed by atoms with Gasteiger partial charge in [-0.1, -0.05) is 19.1 Å². The maximum atomic E-state index is 14.4. The van der Waals surface area contributed by atoms with E-state index < -0.39 is 18.0 Å². The Balaban J connectivity index is 1.35. The normalized spacial score (nSPS) is 20.2. The minimum atomic E-state index is -0.966. The van der Waals surface area contributed by atoms with Crippen molar-refractivity contribution >= 4 is 29.3 Å². The highest BCUT2D eigenvalue weighted by Gasteiger charge is 2.30. The first kappa shape index (κ1) is 37.4. The number of carboxylic acid groups (broad SMARTS) is 1. The number of likely N-dealkylation sites (N-methyl/N-ethyl adjacent to an activating group) is 1. The molecule has 3 aromatic rings. The molecule has 0 spiro atoms. The van der Waals surface area contributed by atoms with Gasteiger partial charge < -0.3 is 44.7 Å². The third kappa shape index (κ3) is 10.1. The molecule has 13 heteroatoms. The number of hydrogen-bond acceptors (Lipinski definition) is 9. The number of aromatic carboxylic acids is 1. The smallest absolute Gasteiger partial charge is 0.335 e. The van der Waals surface area contributed by atoms with E-state index in [1.807, 2.05) is 33.0 Å². The van der Waals surface area contributed by atoms with Crippen LogP contribution in [0.5, 0.6) is 17.2 Å². The molecular weight excluding hydrogens is 656 g/mol. The van der Waals surface area contributed by atoms with Gasteiger partial charge in [0.2, 0.25) is 6.79 Å². The molecule has 5 rings (SSSR count). The lowest BCUT2D eigenvalue weighted by Gasteiger charge is -2.36. The zero-order chi connectivity index (χ0) is 36.5. The van der Waals surface area contributed by atoms with Gasteiger partial charge in [-0.25, -0.2) is 9.59 Å². The number of hydrogen-bond donors (Lipinski definition) is 4. The van der Waals surface area contributed by atoms with Crippen molar-refractivity contribution in [2.24, 2.45) is 5.92 Å². The summed E-state index contributed by atoms with van der Waals surface area (Å²) in [6.45, 7) is 7.66. The quantitative estimate of drug-likeness (QED) is 0.218. The number of rotatable bonds is 9. The molecule has 0 bridgehead atoms. The predicted molar refractivity (Wildman–Crippen MR) is 192 cm³/mol. The second-order valence-electron chi connectivity index (χ2n) is 13.4. The van der Waals surface area contributed by atoms with Gasteiger partial charge in [-0.3, -0.25) is 9.69 Å². The Hall–Kier alpha value is -4.85. The van der Waals surface area contributed by atoms with Crippen molar-refractivity contribution in [3.63, 3.8) is 0 Å². The van der Waals surface area contributed by atoms with Crippen LogP contribution in [0.4, 0.5) is 16.2 Å². The predicted octanol–water partition coefficient (Wildman–Crippen LogP) is 5.69. The Kier molecular flexibility index (Phi) is 12.8. The van der Waals surface area contributed by atoms with E-state index in [1.165, 1.54) is 0 Å². The molecule has 0 saturated heterocycles. The van der Waals surface area contributed by atoms with E-state index in [9.17, 15) is 24.6 Å². The van der Waals surface area contributed by atoms with Crippen molar-refractivity contribution in [2.75, 3.05) is 50.8 Å². The minimum absolute atomic E-state index is 0.122. The third-order valence-corrected chi connectivity index (χ3v) is 9.08. The van der Waals surface area contributed by atoms with Crippen LogP contribution in [-0.4, -0.2) is 96.3 Å². The molecule has 2 heterocycles. The van der Waals surface area contributed by atoms with Crippen molar-refractivity contribution in [1.29, 1.82) is 0 Å². The molecule has 13 nitrogen and oxygen atoms in total. The molecule has 0 fully saturated rings. The van der Waals surface area contributed by atoms with Gasteiger partial charge in [0.05, 0.1) is 36.0 Å². The maximum Gasteiger partial charge on any atom is 0.335 e. The first-order valence-electron chi connectivity index (χ1n) is 17.3. The number of carbonyl (C=O) groups excluding carboxylic acids is 2. The minimum Gasteiger partial charge on any atom is -0.490 e. The van der Waals surface area contributed by atoms with E-state index in [4.69, 9.17) is 18.9 Å². The second-order valence-corrected chi connectivity index (χ2v) is 13.4. The molecule has 2 aliphatic heterocycles. The van der Waals surface area contributed by atoms with Gasteiger partial charge in [-0.2, -0.15) is 0 Å². The van der Waals surface area contributed by atoms with Gasteiger partial charge >= 0.3 is 12.0 Å². The SMILES string of the molecule is C[C@@H]1CCCCO[C@H](CN(C)Cc2ccc(C(=O)O)cc2)[C@H](C)CN([C@@H](C)CO)C(=O)c2cc(NC(=O)Nc3ccc4c(c3)OCO4)ccc2O1. The molecule has 4 atom stereocenters. The van der Waals surface area contributed by atoms with Crippen molar-refractivity contribution in [2.45, 2.75) is 64.8 Å². The van der Waals surface area contributed by atoms with Gasteiger partial charge in [0.15, 0.2) is 11.5 Å². The Morgan fingerprint density at radius 3 is 2.35 bits per heavy atom. The number of carboxylic acids is 1. The standard InChI is InChI=1S/C38H48N4O9/c1-24-19-42(25(2)22-43)36(44)31-17-29(39-38(47)40-30-13-15-33-34(18-30)50-23-49-33)12-14-32(31)51-26(3)7-5-6-16-48-35(24)21-41(4)20-27-8-10-28(11-9-27)37(45)46/h8-15,17-18,24-26,35,43H,5-7,16,19-23H2,1-4H3,(H,45,46)(H2,39,40,47)/t24-,25+,26-,35-/m1/s1. The first-order valence-corrected chi connectivity index (χ1v) is 17.3. The number of benzene rings is 3. The summed E-state index contributed by atoms with van der Waals surface area (Å²) in [7, 11) is 1.98. The lowest BCUT2D eigenvalue weighted by molar-refractivity contribution is -0.0177. The molecule has 0 unspecified atom stereocenters. The Labute approximate surface area is 298 Å². The summed E-state index contributed by atoms with van der Waals surface area (Å²) in [5, 5.41) is 25.1. The highest BCUT2D eigenvalue weighted by Crippen LogP contribution is 2.34. The van der Waals surface area contributed by atoms with Crippen molar-refractivity contribution in [3.05, 3.63) is 77.4 Å². The number of amides is 3. The molecular formula is C38H48N4O9. The number of aliphatic hydroxyl groups excluding tert-OH is 1. The average Bonchev–Trinajstić information content (AvgIpc) is 3.57. The van der Waals surface area contributed by atoms with E-state index in [0.29, 0.717) is 54.9 Å². The molecule has 3 aromatic carbocycles. The van der Waals surface area contributed by atoms with E-state index in [2.05, 4.69) is 15.5 Å². The maximum absolute atomic E-state index is 14.4. The van der Waals surface area contributed by atoms with Crippen LogP contribution in [0.2, 0.25) is 0 Å². The van der Waals surface area contributed by atoms with Crippen LogP contribution >= 0.6 is 0 Å². The number of carbonyl (C=O) groups is 3. The number of urea groups is 1. The summed E-state index contributed by atoms with van der Waals surface area (Å²) in [4.78, 5) is 42.5. The number of nitrogens with zero attached hydrogens (tertiary/aromatic N) is 2. The number of anilines is 2. The lowest BCUT2D eigenvalue weighted by atomic mass is 10.0. The van der Waals surface area contributed by atoms with Crippen LogP contribution in [0.3, 0.4) is 0 Å². The fourth-order valence-corrected chi connectivity index (χ4v) is 6.17. The summed E-state index contributed by atoms with van der Waals surface area (Å²) < 4.78 is 23.5. The van der Waals surface area contributed by atoms with Crippen LogP contribution in [0.25, 0.3) is 0 Å². The average molecular weight is 705 g/mol. The highest BCUT2D eigenvalue weighted by molar-refractivity contribution is 6.02. The zero-order valence-corrected chi connectivity index (χ0v) is 29.6. The summed E-state index contributed by atoms with van der Waals surface area (Å²) in [6.07, 6.45) is 2.02.